The molecule has 3 amide bonds. The summed E-state index contributed by atoms with van der Waals surface area (Å²) in [5.41, 5.74) is 0.417. The van der Waals surface area contributed by atoms with E-state index in [1.807, 2.05) is 0 Å². The van der Waals surface area contributed by atoms with E-state index in [0.29, 0.717) is 27.4 Å². The quantitative estimate of drug-likeness (QED) is 0.378. The third-order valence-electron chi connectivity index (χ3n) is 7.40. The zero-order valence-electron chi connectivity index (χ0n) is 21.7. The lowest BCUT2D eigenvalue weighted by Crippen LogP contribution is -2.53. The molecule has 2 aromatic rings. The average molecular weight is 597 g/mol. The fourth-order valence-electron chi connectivity index (χ4n) is 4.97. The number of anilines is 2. The predicted molar refractivity (Wildman–Crippen MR) is 147 cm³/mol. The molecule has 0 bridgehead atoms. The van der Waals surface area contributed by atoms with Crippen molar-refractivity contribution in [3.63, 3.8) is 0 Å². The molecular formula is C27H31ClF2N4O5S. The van der Waals surface area contributed by atoms with Gasteiger partial charge in [-0.1, -0.05) is 18.0 Å². The summed E-state index contributed by atoms with van der Waals surface area (Å²) < 4.78 is 37.1. The van der Waals surface area contributed by atoms with E-state index >= 15 is 0 Å². The number of nitrogens with zero attached hydrogens (tertiary/aromatic N) is 2. The largest absolute Gasteiger partial charge is 0.433 e. The molecule has 0 spiro atoms. The van der Waals surface area contributed by atoms with E-state index in [1.165, 1.54) is 17.0 Å². The zero-order chi connectivity index (χ0) is 28.2. The number of hydrogen-bond acceptors (Lipinski definition) is 7. The van der Waals surface area contributed by atoms with Crippen molar-refractivity contribution < 1.29 is 32.6 Å². The van der Waals surface area contributed by atoms with Crippen LogP contribution >= 0.6 is 22.9 Å². The second-order valence-corrected chi connectivity index (χ2v) is 11.9. The Bertz CT molecular complexity index is 1240. The summed E-state index contributed by atoms with van der Waals surface area (Å²) in [6.45, 7) is -1.89. The first-order chi connectivity index (χ1) is 19.3. The molecule has 5 rings (SSSR count). The van der Waals surface area contributed by atoms with Gasteiger partial charge in [-0.2, -0.15) is 8.78 Å². The Labute approximate surface area is 239 Å². The molecule has 0 radical (unpaired) electrons. The summed E-state index contributed by atoms with van der Waals surface area (Å²) in [5.74, 6) is -0.857. The number of hydrogen-bond donors (Lipinski definition) is 2. The molecule has 1 aliphatic heterocycles. The van der Waals surface area contributed by atoms with Crippen LogP contribution in [0.2, 0.25) is 4.34 Å². The van der Waals surface area contributed by atoms with Gasteiger partial charge in [0.2, 0.25) is 5.91 Å². The summed E-state index contributed by atoms with van der Waals surface area (Å²) >= 11 is 7.13. The van der Waals surface area contributed by atoms with Gasteiger partial charge in [0, 0.05) is 37.4 Å². The van der Waals surface area contributed by atoms with Crippen LogP contribution in [-0.2, 0) is 14.3 Å². The van der Waals surface area contributed by atoms with Crippen LogP contribution in [0.4, 0.5) is 20.2 Å². The SMILES string of the molecule is O=C(NC[C@@H](C(=O)Nc1ccc(N2CCOCC2=O)cc1OC(F)F)N(CC1CCC1)C1CC1)c1ccc(Cl)s1. The number of morpholine rings is 1. The molecule has 0 unspecified atom stereocenters. The zero-order valence-corrected chi connectivity index (χ0v) is 23.3. The Morgan fingerprint density at radius 3 is 2.62 bits per heavy atom. The van der Waals surface area contributed by atoms with Gasteiger partial charge in [0.1, 0.15) is 12.6 Å². The summed E-state index contributed by atoms with van der Waals surface area (Å²) in [6, 6.07) is 7.08. The highest BCUT2D eigenvalue weighted by atomic mass is 35.5. The van der Waals surface area contributed by atoms with Crippen molar-refractivity contribution in [1.29, 1.82) is 0 Å². The van der Waals surface area contributed by atoms with Gasteiger partial charge in [0.15, 0.2) is 5.75 Å². The first kappa shape index (κ1) is 28.7. The molecule has 2 N–H and O–H groups in total. The smallest absolute Gasteiger partial charge is 0.387 e. The molecule has 9 nitrogen and oxygen atoms in total. The molecule has 2 aliphatic carbocycles. The van der Waals surface area contributed by atoms with Crippen LogP contribution in [0.25, 0.3) is 0 Å². The van der Waals surface area contributed by atoms with Crippen LogP contribution in [0.1, 0.15) is 41.8 Å². The number of amides is 3. The number of carbonyl (C=O) groups is 3. The van der Waals surface area contributed by atoms with Crippen molar-refractivity contribution in [2.75, 3.05) is 43.1 Å². The summed E-state index contributed by atoms with van der Waals surface area (Å²) in [4.78, 5) is 42.8. The standard InChI is InChI=1S/C27H31ClF2N4O5S/c28-23-9-8-22(40-23)26(37)31-13-20(34(17-4-5-17)14-16-2-1-3-16)25(36)32-19-7-6-18(12-21(19)39-27(29)30)33-10-11-38-15-24(33)35/h6-9,12,16-17,20,27H,1-5,10-11,13-15H2,(H,31,37)(H,32,36)/t20-/m0/s1. The van der Waals surface area contributed by atoms with Crippen molar-refractivity contribution in [3.8, 4) is 5.75 Å². The topological polar surface area (TPSA) is 100 Å². The van der Waals surface area contributed by atoms with Crippen LogP contribution in [0.15, 0.2) is 30.3 Å². The number of carbonyl (C=O) groups excluding carboxylic acids is 3. The molecule has 3 fully saturated rings. The Balaban J connectivity index is 1.37. The number of halogens is 3. The number of rotatable bonds is 12. The van der Waals surface area contributed by atoms with Gasteiger partial charge in [0.25, 0.3) is 11.8 Å². The maximum atomic E-state index is 13.8. The predicted octanol–water partition coefficient (Wildman–Crippen LogP) is 4.37. The maximum absolute atomic E-state index is 13.8. The Hall–Kier alpha value is -2.80. The highest BCUT2D eigenvalue weighted by molar-refractivity contribution is 7.18. The number of ether oxygens (including phenoxy) is 2. The van der Waals surface area contributed by atoms with Crippen molar-refractivity contribution in [3.05, 3.63) is 39.5 Å². The van der Waals surface area contributed by atoms with E-state index in [4.69, 9.17) is 21.1 Å². The third kappa shape index (κ3) is 7.09. The Kier molecular flexibility index (Phi) is 9.19. The van der Waals surface area contributed by atoms with Crippen LogP contribution in [-0.4, -0.2) is 74.2 Å². The van der Waals surface area contributed by atoms with Gasteiger partial charge in [-0.05, 0) is 55.9 Å². The fraction of sp³-hybridized carbons (Fsp3) is 0.519. The lowest BCUT2D eigenvalue weighted by Gasteiger charge is -2.37. The molecule has 3 aliphatic rings. The number of nitrogens with one attached hydrogen (secondary N) is 2. The van der Waals surface area contributed by atoms with E-state index < -0.39 is 18.6 Å². The molecule has 2 saturated carbocycles. The van der Waals surface area contributed by atoms with E-state index in [1.54, 1.807) is 18.2 Å². The molecule has 13 heteroatoms. The van der Waals surface area contributed by atoms with Crippen molar-refractivity contribution >= 4 is 52.0 Å². The van der Waals surface area contributed by atoms with E-state index in [2.05, 4.69) is 15.5 Å². The van der Waals surface area contributed by atoms with Crippen LogP contribution in [0, 0.1) is 5.92 Å². The number of thiophene rings is 1. The maximum Gasteiger partial charge on any atom is 0.387 e. The molecule has 1 aromatic heterocycles. The van der Waals surface area contributed by atoms with Gasteiger partial charge in [0.05, 0.1) is 21.5 Å². The molecular weight excluding hydrogens is 566 g/mol. The summed E-state index contributed by atoms with van der Waals surface area (Å²) in [6.07, 6.45) is 5.24. The molecule has 2 heterocycles. The normalized spacial score (nSPS) is 18.5. The second-order valence-electron chi connectivity index (χ2n) is 10.2. The lowest BCUT2D eigenvalue weighted by atomic mass is 9.84. The van der Waals surface area contributed by atoms with Crippen molar-refractivity contribution in [2.24, 2.45) is 5.92 Å². The van der Waals surface area contributed by atoms with Crippen molar-refractivity contribution in [2.45, 2.75) is 50.8 Å². The minimum atomic E-state index is -3.14. The summed E-state index contributed by atoms with van der Waals surface area (Å²) in [5, 5.41) is 5.62. The molecule has 1 atom stereocenters. The Morgan fingerprint density at radius 1 is 1.20 bits per heavy atom. The third-order valence-corrected chi connectivity index (χ3v) is 8.63. The van der Waals surface area contributed by atoms with Gasteiger partial charge in [-0.15, -0.1) is 11.3 Å². The lowest BCUT2D eigenvalue weighted by molar-refractivity contribution is -0.125. The molecule has 1 aromatic carbocycles. The van der Waals surface area contributed by atoms with Gasteiger partial charge >= 0.3 is 6.61 Å². The van der Waals surface area contributed by atoms with E-state index in [9.17, 15) is 23.2 Å². The first-order valence-electron chi connectivity index (χ1n) is 13.4. The van der Waals surface area contributed by atoms with Crippen LogP contribution in [0.3, 0.4) is 0 Å². The molecule has 1 saturated heterocycles. The monoisotopic (exact) mass is 596 g/mol. The minimum Gasteiger partial charge on any atom is -0.433 e. The fourth-order valence-corrected chi connectivity index (χ4v) is 5.93. The highest BCUT2D eigenvalue weighted by Crippen LogP contribution is 2.36. The first-order valence-corrected chi connectivity index (χ1v) is 14.5. The van der Waals surface area contributed by atoms with Crippen molar-refractivity contribution in [1.82, 2.24) is 10.2 Å². The van der Waals surface area contributed by atoms with Crippen LogP contribution in [0.5, 0.6) is 5.75 Å². The number of benzene rings is 1. The minimum absolute atomic E-state index is 0.0365. The van der Waals surface area contributed by atoms with Gasteiger partial charge in [-0.25, -0.2) is 0 Å². The highest BCUT2D eigenvalue weighted by Gasteiger charge is 2.39. The Morgan fingerprint density at radius 2 is 2.00 bits per heavy atom. The van der Waals surface area contributed by atoms with Gasteiger partial charge in [-0.3, -0.25) is 19.3 Å². The molecule has 40 heavy (non-hydrogen) atoms. The van der Waals surface area contributed by atoms with Crippen LogP contribution < -0.4 is 20.3 Å². The summed E-state index contributed by atoms with van der Waals surface area (Å²) in [7, 11) is 0. The van der Waals surface area contributed by atoms with E-state index in [0.717, 1.165) is 50.0 Å². The van der Waals surface area contributed by atoms with Gasteiger partial charge < -0.3 is 25.0 Å². The second kappa shape index (κ2) is 12.8. The van der Waals surface area contributed by atoms with E-state index in [-0.39, 0.29) is 49.0 Å². The molecule has 216 valence electrons. The number of alkyl halides is 2. The average Bonchev–Trinajstić information content (AvgIpc) is 3.64.